The third-order valence-corrected chi connectivity index (χ3v) is 3.84. The summed E-state index contributed by atoms with van der Waals surface area (Å²) < 4.78 is 0. The first kappa shape index (κ1) is 18.2. The molecule has 0 fully saturated rings. The Bertz CT molecular complexity index is 386. The van der Waals surface area contributed by atoms with Gasteiger partial charge in [0.15, 0.2) is 0 Å². The van der Waals surface area contributed by atoms with Gasteiger partial charge in [-0.3, -0.25) is 0 Å². The molecule has 0 radical (unpaired) electrons. The van der Waals surface area contributed by atoms with E-state index in [1.54, 1.807) is 0 Å². The second-order valence-corrected chi connectivity index (χ2v) is 8.22. The average molecular weight is 290 g/mol. The number of hydrogen-bond acceptors (Lipinski definition) is 1. The highest BCUT2D eigenvalue weighted by Gasteiger charge is 2.28. The molecule has 0 saturated heterocycles. The topological polar surface area (TPSA) is 12.0 Å². The Morgan fingerprint density at radius 2 is 1.57 bits per heavy atom. The van der Waals surface area contributed by atoms with Crippen LogP contribution in [0.15, 0.2) is 30.3 Å². The van der Waals surface area contributed by atoms with Crippen molar-refractivity contribution in [1.29, 1.82) is 0 Å². The standard InChI is InChI=1S/C20H35N/c1-7-8-10-15-18(17-13-11-9-12-14-17)21-20(5,6)16-19(2,3)4/h9,11-14,18,21H,7-8,10,15-16H2,1-6H3. The average Bonchev–Trinajstić information content (AvgIpc) is 2.36. The molecule has 1 unspecified atom stereocenters. The first-order chi connectivity index (χ1) is 9.73. The predicted octanol–water partition coefficient (Wildman–Crippen LogP) is 6.11. The van der Waals surface area contributed by atoms with Crippen LogP contribution in [0.2, 0.25) is 0 Å². The van der Waals surface area contributed by atoms with Crippen molar-refractivity contribution in [3.8, 4) is 0 Å². The smallest absolute Gasteiger partial charge is 0.0324 e. The van der Waals surface area contributed by atoms with Gasteiger partial charge in [-0.15, -0.1) is 0 Å². The zero-order valence-corrected chi connectivity index (χ0v) is 15.0. The van der Waals surface area contributed by atoms with E-state index in [4.69, 9.17) is 0 Å². The summed E-state index contributed by atoms with van der Waals surface area (Å²) in [6.45, 7) is 13.9. The second kappa shape index (κ2) is 7.98. The number of unbranched alkanes of at least 4 members (excludes halogenated alkanes) is 2. The SMILES string of the molecule is CCCCCC(NC(C)(C)CC(C)(C)C)c1ccccc1. The van der Waals surface area contributed by atoms with Gasteiger partial charge >= 0.3 is 0 Å². The Labute approximate surface area is 132 Å². The van der Waals surface area contributed by atoms with E-state index >= 15 is 0 Å². The van der Waals surface area contributed by atoms with Gasteiger partial charge in [-0.25, -0.2) is 0 Å². The van der Waals surface area contributed by atoms with Crippen molar-refractivity contribution in [3.63, 3.8) is 0 Å². The van der Waals surface area contributed by atoms with Crippen LogP contribution in [0, 0.1) is 5.41 Å². The molecule has 1 nitrogen and oxygen atoms in total. The summed E-state index contributed by atoms with van der Waals surface area (Å²) in [6, 6.07) is 11.4. The highest BCUT2D eigenvalue weighted by Crippen LogP contribution is 2.30. The van der Waals surface area contributed by atoms with Crippen molar-refractivity contribution < 1.29 is 0 Å². The molecule has 0 aromatic heterocycles. The number of nitrogens with one attached hydrogen (secondary N) is 1. The van der Waals surface area contributed by atoms with Crippen molar-refractivity contribution in [3.05, 3.63) is 35.9 Å². The van der Waals surface area contributed by atoms with Crippen molar-refractivity contribution in [2.45, 2.75) is 85.2 Å². The van der Waals surface area contributed by atoms with E-state index in [0.29, 0.717) is 11.5 Å². The van der Waals surface area contributed by atoms with Crippen LogP contribution in [-0.4, -0.2) is 5.54 Å². The van der Waals surface area contributed by atoms with Crippen molar-refractivity contribution in [2.75, 3.05) is 0 Å². The van der Waals surface area contributed by atoms with Crippen molar-refractivity contribution in [2.24, 2.45) is 5.41 Å². The lowest BCUT2D eigenvalue weighted by molar-refractivity contribution is 0.217. The zero-order chi connectivity index (χ0) is 15.9. The molecule has 21 heavy (non-hydrogen) atoms. The van der Waals surface area contributed by atoms with Gasteiger partial charge < -0.3 is 5.32 Å². The molecule has 0 aliphatic carbocycles. The summed E-state index contributed by atoms with van der Waals surface area (Å²) in [4.78, 5) is 0. The molecule has 1 heteroatoms. The number of hydrogen-bond donors (Lipinski definition) is 1. The van der Waals surface area contributed by atoms with E-state index in [1.165, 1.54) is 37.7 Å². The Kier molecular flexibility index (Phi) is 6.93. The molecule has 0 aliphatic rings. The molecule has 0 spiro atoms. The Balaban J connectivity index is 2.77. The second-order valence-electron chi connectivity index (χ2n) is 8.22. The largest absolute Gasteiger partial charge is 0.305 e. The molecule has 0 amide bonds. The summed E-state index contributed by atoms with van der Waals surface area (Å²) in [7, 11) is 0. The first-order valence-corrected chi connectivity index (χ1v) is 8.56. The van der Waals surface area contributed by atoms with Gasteiger partial charge in [0.25, 0.3) is 0 Å². The molecule has 1 aromatic carbocycles. The normalized spacial score (nSPS) is 14.2. The van der Waals surface area contributed by atoms with Crippen LogP contribution in [0.25, 0.3) is 0 Å². The monoisotopic (exact) mass is 289 g/mol. The highest BCUT2D eigenvalue weighted by atomic mass is 15.0. The Morgan fingerprint density at radius 3 is 2.10 bits per heavy atom. The van der Waals surface area contributed by atoms with Gasteiger partial charge in [0.2, 0.25) is 0 Å². The van der Waals surface area contributed by atoms with Gasteiger partial charge in [0.1, 0.15) is 0 Å². The first-order valence-electron chi connectivity index (χ1n) is 8.56. The number of benzene rings is 1. The molecule has 1 aromatic rings. The lowest BCUT2D eigenvalue weighted by Gasteiger charge is -2.37. The minimum Gasteiger partial charge on any atom is -0.305 e. The third-order valence-electron chi connectivity index (χ3n) is 3.84. The van der Waals surface area contributed by atoms with Crippen LogP contribution < -0.4 is 5.32 Å². The molecule has 120 valence electrons. The quantitative estimate of drug-likeness (QED) is 0.569. The van der Waals surface area contributed by atoms with Gasteiger partial charge in [0.05, 0.1) is 0 Å². The third kappa shape index (κ3) is 7.66. The maximum Gasteiger partial charge on any atom is 0.0324 e. The molecule has 0 saturated carbocycles. The number of rotatable bonds is 8. The summed E-state index contributed by atoms with van der Waals surface area (Å²) in [5, 5.41) is 3.93. The molecule has 0 heterocycles. The molecule has 0 bridgehead atoms. The summed E-state index contributed by atoms with van der Waals surface area (Å²) >= 11 is 0. The molecular weight excluding hydrogens is 254 g/mol. The Morgan fingerprint density at radius 1 is 0.952 bits per heavy atom. The summed E-state index contributed by atoms with van der Waals surface area (Å²) in [5.41, 5.74) is 1.93. The highest BCUT2D eigenvalue weighted by molar-refractivity contribution is 5.19. The van der Waals surface area contributed by atoms with Crippen LogP contribution in [-0.2, 0) is 0 Å². The van der Waals surface area contributed by atoms with Crippen LogP contribution in [0.4, 0.5) is 0 Å². The van der Waals surface area contributed by atoms with Gasteiger partial charge in [-0.2, -0.15) is 0 Å². The minimum atomic E-state index is 0.158. The summed E-state index contributed by atoms with van der Waals surface area (Å²) in [5.74, 6) is 0. The molecular formula is C20H35N. The fourth-order valence-corrected chi connectivity index (χ4v) is 3.45. The van der Waals surface area contributed by atoms with E-state index < -0.39 is 0 Å². The van der Waals surface area contributed by atoms with Gasteiger partial charge in [-0.05, 0) is 37.7 Å². The van der Waals surface area contributed by atoms with E-state index in [-0.39, 0.29) is 5.54 Å². The molecule has 1 rings (SSSR count). The maximum absolute atomic E-state index is 3.93. The molecule has 1 atom stereocenters. The van der Waals surface area contributed by atoms with Crippen LogP contribution in [0.1, 0.15) is 85.3 Å². The van der Waals surface area contributed by atoms with Crippen molar-refractivity contribution >= 4 is 0 Å². The zero-order valence-electron chi connectivity index (χ0n) is 15.0. The lowest BCUT2D eigenvalue weighted by Crippen LogP contribution is -2.44. The van der Waals surface area contributed by atoms with Gasteiger partial charge in [0, 0.05) is 11.6 Å². The molecule has 0 aliphatic heterocycles. The Hall–Kier alpha value is -0.820. The fraction of sp³-hybridized carbons (Fsp3) is 0.700. The molecule has 1 N–H and O–H groups in total. The van der Waals surface area contributed by atoms with Crippen LogP contribution in [0.5, 0.6) is 0 Å². The summed E-state index contributed by atoms with van der Waals surface area (Å²) in [6.07, 6.45) is 6.31. The maximum atomic E-state index is 3.93. The van der Waals surface area contributed by atoms with E-state index in [9.17, 15) is 0 Å². The van der Waals surface area contributed by atoms with Crippen LogP contribution in [0.3, 0.4) is 0 Å². The minimum absolute atomic E-state index is 0.158. The van der Waals surface area contributed by atoms with Gasteiger partial charge in [-0.1, -0.05) is 77.3 Å². The van der Waals surface area contributed by atoms with Crippen LogP contribution >= 0.6 is 0 Å². The van der Waals surface area contributed by atoms with E-state index in [0.717, 1.165) is 0 Å². The van der Waals surface area contributed by atoms with E-state index in [1.807, 2.05) is 0 Å². The van der Waals surface area contributed by atoms with Crippen molar-refractivity contribution in [1.82, 2.24) is 5.32 Å². The fourth-order valence-electron chi connectivity index (χ4n) is 3.45. The van der Waals surface area contributed by atoms with E-state index in [2.05, 4.69) is 77.2 Å². The predicted molar refractivity (Wildman–Crippen MR) is 94.6 cm³/mol. The lowest BCUT2D eigenvalue weighted by atomic mass is 9.81.